The van der Waals surface area contributed by atoms with Gasteiger partial charge in [-0.2, -0.15) is 5.10 Å². The Kier molecular flexibility index (Phi) is 4.93. The highest BCUT2D eigenvalue weighted by atomic mass is 35.5. The molecule has 0 aliphatic carbocycles. The molecule has 0 N–H and O–H groups in total. The minimum atomic E-state index is -0.0962. The lowest BCUT2D eigenvalue weighted by Crippen LogP contribution is -2.15. The Morgan fingerprint density at radius 1 is 1.40 bits per heavy atom. The molecule has 0 aliphatic rings. The van der Waals surface area contributed by atoms with Crippen LogP contribution in [0.2, 0.25) is 5.02 Å². The monoisotopic (exact) mass is 292 g/mol. The van der Waals surface area contributed by atoms with E-state index in [0.717, 1.165) is 12.0 Å². The maximum atomic E-state index is 12.7. The second kappa shape index (κ2) is 6.68. The average molecular weight is 293 g/mol. The number of aromatic nitrogens is 2. The molecule has 1 heterocycles. The summed E-state index contributed by atoms with van der Waals surface area (Å²) in [5.74, 6) is -0.0962. The van der Waals surface area contributed by atoms with Crippen molar-refractivity contribution in [1.29, 1.82) is 0 Å². The number of ether oxygens (including phenoxy) is 1. The molecule has 2 aromatic rings. The Labute approximate surface area is 123 Å². The molecule has 20 heavy (non-hydrogen) atoms. The Morgan fingerprint density at radius 2 is 2.15 bits per heavy atom. The second-order valence-electron chi connectivity index (χ2n) is 4.40. The Balaban J connectivity index is 2.40. The first-order valence-corrected chi connectivity index (χ1v) is 6.89. The third-order valence-electron chi connectivity index (χ3n) is 3.16. The zero-order chi connectivity index (χ0) is 14.5. The molecule has 0 bridgehead atoms. The van der Waals surface area contributed by atoms with Crippen LogP contribution in [-0.2, 0) is 17.7 Å². The van der Waals surface area contributed by atoms with Crippen LogP contribution >= 0.6 is 11.6 Å². The van der Waals surface area contributed by atoms with E-state index < -0.39 is 0 Å². The molecule has 0 spiro atoms. The summed E-state index contributed by atoms with van der Waals surface area (Å²) < 4.78 is 6.62. The van der Waals surface area contributed by atoms with E-state index in [1.807, 2.05) is 31.2 Å². The lowest BCUT2D eigenvalue weighted by molar-refractivity contribution is 0.102. The molecule has 0 saturated carbocycles. The topological polar surface area (TPSA) is 44.1 Å². The number of rotatable bonds is 6. The van der Waals surface area contributed by atoms with Crippen molar-refractivity contribution in [2.75, 3.05) is 13.7 Å². The third kappa shape index (κ3) is 2.92. The molecule has 0 fully saturated rings. The van der Waals surface area contributed by atoms with Crippen LogP contribution < -0.4 is 0 Å². The fourth-order valence-corrected chi connectivity index (χ4v) is 2.34. The number of ketones is 1. The molecule has 1 aromatic heterocycles. The number of carbonyl (C=O) groups is 1. The number of halogens is 1. The molecule has 0 atom stereocenters. The van der Waals surface area contributed by atoms with Gasteiger partial charge >= 0.3 is 0 Å². The molecular formula is C15H17ClN2O2. The van der Waals surface area contributed by atoms with E-state index in [4.69, 9.17) is 16.3 Å². The SMILES string of the molecule is CCc1ccccc1C(=O)c1c(Cl)cnn1CCOC. The van der Waals surface area contributed by atoms with Crippen molar-refractivity contribution in [3.63, 3.8) is 0 Å². The van der Waals surface area contributed by atoms with Gasteiger partial charge in [-0.1, -0.05) is 42.8 Å². The summed E-state index contributed by atoms with van der Waals surface area (Å²) in [5, 5.41) is 4.51. The highest BCUT2D eigenvalue weighted by molar-refractivity contribution is 6.34. The molecule has 1 aromatic carbocycles. The summed E-state index contributed by atoms with van der Waals surface area (Å²) >= 11 is 6.12. The number of aryl methyl sites for hydroxylation is 1. The standard InChI is InChI=1S/C15H17ClN2O2/c1-3-11-6-4-5-7-12(11)15(19)14-13(16)10-17-18(14)8-9-20-2/h4-7,10H,3,8-9H2,1-2H3. The molecule has 5 heteroatoms. The minimum Gasteiger partial charge on any atom is -0.383 e. The van der Waals surface area contributed by atoms with Crippen LogP contribution in [-0.4, -0.2) is 29.3 Å². The molecule has 106 valence electrons. The molecule has 0 amide bonds. The van der Waals surface area contributed by atoms with Gasteiger partial charge in [0.1, 0.15) is 5.69 Å². The number of nitrogens with zero attached hydrogens (tertiary/aromatic N) is 2. The van der Waals surface area contributed by atoms with Gasteiger partial charge in [-0.15, -0.1) is 0 Å². The Hall–Kier alpha value is -1.65. The van der Waals surface area contributed by atoms with Crippen LogP contribution in [0, 0.1) is 0 Å². The lowest BCUT2D eigenvalue weighted by atomic mass is 10.00. The summed E-state index contributed by atoms with van der Waals surface area (Å²) in [4.78, 5) is 12.7. The van der Waals surface area contributed by atoms with Gasteiger partial charge in [0.25, 0.3) is 0 Å². The molecule has 2 rings (SSSR count). The minimum absolute atomic E-state index is 0.0962. The Morgan fingerprint density at radius 3 is 2.85 bits per heavy atom. The van der Waals surface area contributed by atoms with Crippen molar-refractivity contribution < 1.29 is 9.53 Å². The third-order valence-corrected chi connectivity index (χ3v) is 3.44. The number of hydrogen-bond donors (Lipinski definition) is 0. The summed E-state index contributed by atoms with van der Waals surface area (Å²) in [6, 6.07) is 7.57. The molecule has 4 nitrogen and oxygen atoms in total. The van der Waals surface area contributed by atoms with E-state index in [2.05, 4.69) is 5.10 Å². The Bertz CT molecular complexity index is 608. The zero-order valence-electron chi connectivity index (χ0n) is 11.6. The molecule has 0 unspecified atom stereocenters. The smallest absolute Gasteiger partial charge is 0.212 e. The van der Waals surface area contributed by atoms with Crippen LogP contribution in [0.3, 0.4) is 0 Å². The van der Waals surface area contributed by atoms with Crippen molar-refractivity contribution >= 4 is 17.4 Å². The first kappa shape index (κ1) is 14.8. The largest absolute Gasteiger partial charge is 0.383 e. The van der Waals surface area contributed by atoms with Crippen molar-refractivity contribution in [1.82, 2.24) is 9.78 Å². The van der Waals surface area contributed by atoms with E-state index in [1.54, 1.807) is 11.8 Å². The van der Waals surface area contributed by atoms with E-state index >= 15 is 0 Å². The van der Waals surface area contributed by atoms with Crippen LogP contribution in [0.15, 0.2) is 30.5 Å². The van der Waals surface area contributed by atoms with Crippen LogP contribution in [0.25, 0.3) is 0 Å². The van der Waals surface area contributed by atoms with E-state index in [9.17, 15) is 4.79 Å². The predicted octanol–water partition coefficient (Wildman–Crippen LogP) is 2.98. The van der Waals surface area contributed by atoms with Crippen molar-refractivity contribution in [3.8, 4) is 0 Å². The van der Waals surface area contributed by atoms with E-state index in [0.29, 0.717) is 29.4 Å². The van der Waals surface area contributed by atoms with Gasteiger partial charge in [0.2, 0.25) is 5.78 Å². The fourth-order valence-electron chi connectivity index (χ4n) is 2.11. The second-order valence-corrected chi connectivity index (χ2v) is 4.80. The number of hydrogen-bond acceptors (Lipinski definition) is 3. The molecule has 0 saturated heterocycles. The van der Waals surface area contributed by atoms with Crippen molar-refractivity contribution in [3.05, 3.63) is 52.3 Å². The first-order valence-electron chi connectivity index (χ1n) is 6.51. The van der Waals surface area contributed by atoms with E-state index in [1.165, 1.54) is 6.20 Å². The van der Waals surface area contributed by atoms with Crippen molar-refractivity contribution in [2.45, 2.75) is 19.9 Å². The predicted molar refractivity (Wildman–Crippen MR) is 78.4 cm³/mol. The van der Waals surface area contributed by atoms with Crippen molar-refractivity contribution in [2.24, 2.45) is 0 Å². The van der Waals surface area contributed by atoms with Gasteiger partial charge in [-0.05, 0) is 12.0 Å². The average Bonchev–Trinajstić information content (AvgIpc) is 2.85. The van der Waals surface area contributed by atoms with E-state index in [-0.39, 0.29) is 5.78 Å². The molecule has 0 aliphatic heterocycles. The van der Waals surface area contributed by atoms with Crippen LogP contribution in [0.5, 0.6) is 0 Å². The molecular weight excluding hydrogens is 276 g/mol. The molecule has 0 radical (unpaired) electrons. The van der Waals surface area contributed by atoms with Gasteiger partial charge in [0.15, 0.2) is 0 Å². The maximum Gasteiger partial charge on any atom is 0.212 e. The van der Waals surface area contributed by atoms with Gasteiger partial charge in [0, 0.05) is 12.7 Å². The van der Waals surface area contributed by atoms with Gasteiger partial charge < -0.3 is 4.74 Å². The normalized spacial score (nSPS) is 10.8. The van der Waals surface area contributed by atoms with Crippen LogP contribution in [0.4, 0.5) is 0 Å². The fraction of sp³-hybridized carbons (Fsp3) is 0.333. The van der Waals surface area contributed by atoms with Gasteiger partial charge in [0.05, 0.1) is 24.4 Å². The first-order chi connectivity index (χ1) is 9.69. The zero-order valence-corrected chi connectivity index (χ0v) is 12.4. The number of benzene rings is 1. The summed E-state index contributed by atoms with van der Waals surface area (Å²) in [6.45, 7) is 3.00. The number of carbonyl (C=O) groups excluding carboxylic acids is 1. The summed E-state index contributed by atoms with van der Waals surface area (Å²) in [5.41, 5.74) is 2.11. The highest BCUT2D eigenvalue weighted by Gasteiger charge is 2.20. The summed E-state index contributed by atoms with van der Waals surface area (Å²) in [6.07, 6.45) is 2.30. The summed E-state index contributed by atoms with van der Waals surface area (Å²) in [7, 11) is 1.61. The quantitative estimate of drug-likeness (QED) is 0.769. The van der Waals surface area contributed by atoms with Crippen LogP contribution in [0.1, 0.15) is 28.5 Å². The lowest BCUT2D eigenvalue weighted by Gasteiger charge is -2.09. The highest BCUT2D eigenvalue weighted by Crippen LogP contribution is 2.21. The van der Waals surface area contributed by atoms with Gasteiger partial charge in [-0.3, -0.25) is 9.48 Å². The number of methoxy groups -OCH3 is 1. The van der Waals surface area contributed by atoms with Gasteiger partial charge in [-0.25, -0.2) is 0 Å². The maximum absolute atomic E-state index is 12.7.